The Hall–Kier alpha value is -4.18. The number of aromatic hydroxyl groups is 1. The fraction of sp³-hybridized carbons (Fsp3) is 0.310. The van der Waals surface area contributed by atoms with Crippen LogP contribution in [0.5, 0.6) is 11.5 Å². The van der Waals surface area contributed by atoms with Crippen LogP contribution in [0.25, 0.3) is 0 Å². The molecule has 1 aliphatic carbocycles. The average Bonchev–Trinajstić information content (AvgIpc) is 3.27. The van der Waals surface area contributed by atoms with Crippen LogP contribution < -0.4 is 15.5 Å². The van der Waals surface area contributed by atoms with E-state index in [1.165, 1.54) is 29.7 Å². The van der Waals surface area contributed by atoms with Crippen molar-refractivity contribution in [1.29, 1.82) is 0 Å². The zero-order chi connectivity index (χ0) is 27.9. The Morgan fingerprint density at radius 1 is 1.15 bits per heavy atom. The van der Waals surface area contributed by atoms with Crippen LogP contribution in [-0.4, -0.2) is 41.8 Å². The minimum absolute atomic E-state index is 0.142. The fourth-order valence-corrected chi connectivity index (χ4v) is 5.59. The molecule has 1 aliphatic rings. The normalized spacial score (nSPS) is 15.3. The number of anilines is 1. The molecule has 1 aromatic heterocycles. The number of carbonyl (C=O) groups is 3. The van der Waals surface area contributed by atoms with Gasteiger partial charge in [0.15, 0.2) is 6.10 Å². The minimum Gasteiger partial charge on any atom is -0.508 e. The second kappa shape index (κ2) is 12.6. The smallest absolute Gasteiger partial charge is 0.341 e. The van der Waals surface area contributed by atoms with Gasteiger partial charge in [-0.2, -0.15) is 5.10 Å². The molecule has 0 spiro atoms. The van der Waals surface area contributed by atoms with Crippen LogP contribution in [0, 0.1) is 5.92 Å². The number of ether oxygens (including phenoxy) is 2. The Labute approximate surface area is 230 Å². The minimum atomic E-state index is -0.839. The molecule has 2 amide bonds. The zero-order valence-corrected chi connectivity index (χ0v) is 22.8. The molecule has 1 heterocycles. The van der Waals surface area contributed by atoms with Crippen LogP contribution in [0.4, 0.5) is 5.00 Å². The highest BCUT2D eigenvalue weighted by Gasteiger charge is 2.29. The van der Waals surface area contributed by atoms with Crippen LogP contribution in [0.2, 0.25) is 0 Å². The third kappa shape index (κ3) is 7.02. The molecule has 0 radical (unpaired) electrons. The predicted octanol–water partition coefficient (Wildman–Crippen LogP) is 4.93. The molecule has 0 fully saturated rings. The Bertz CT molecular complexity index is 1360. The summed E-state index contributed by atoms with van der Waals surface area (Å²) in [6.45, 7) is 5.79. The SMILES string of the molecule is CCOC(=O)c1c(NC(=O)c2ccc(O[C@H](C)C(=O)N/N=C\c3ccc(O)cc3)cc2)sc2c1CC[C@@H](C)C2. The topological polar surface area (TPSA) is 126 Å². The summed E-state index contributed by atoms with van der Waals surface area (Å²) in [5.41, 5.74) is 4.95. The van der Waals surface area contributed by atoms with E-state index in [0.29, 0.717) is 33.4 Å². The predicted molar refractivity (Wildman–Crippen MR) is 150 cm³/mol. The molecule has 9 nitrogen and oxygen atoms in total. The van der Waals surface area contributed by atoms with E-state index in [1.54, 1.807) is 50.2 Å². The first-order valence-corrected chi connectivity index (χ1v) is 13.6. The largest absolute Gasteiger partial charge is 0.508 e. The molecule has 10 heteroatoms. The van der Waals surface area contributed by atoms with E-state index < -0.39 is 18.0 Å². The third-order valence-electron chi connectivity index (χ3n) is 6.30. The third-order valence-corrected chi connectivity index (χ3v) is 7.47. The number of nitrogens with zero attached hydrogens (tertiary/aromatic N) is 1. The molecular formula is C29H31N3O6S. The molecule has 0 saturated carbocycles. The van der Waals surface area contributed by atoms with Crippen LogP contribution in [0.15, 0.2) is 53.6 Å². The van der Waals surface area contributed by atoms with Crippen LogP contribution in [0.3, 0.4) is 0 Å². The van der Waals surface area contributed by atoms with Crippen molar-refractivity contribution in [3.05, 3.63) is 75.7 Å². The second-order valence-electron chi connectivity index (χ2n) is 9.34. The maximum absolute atomic E-state index is 13.0. The molecule has 0 bridgehead atoms. The summed E-state index contributed by atoms with van der Waals surface area (Å²) in [4.78, 5) is 39.2. The summed E-state index contributed by atoms with van der Waals surface area (Å²) in [6.07, 6.45) is 3.27. The van der Waals surface area contributed by atoms with Crippen molar-refractivity contribution in [2.24, 2.45) is 11.0 Å². The lowest BCUT2D eigenvalue weighted by Crippen LogP contribution is -2.33. The Morgan fingerprint density at radius 3 is 2.56 bits per heavy atom. The molecule has 3 aromatic rings. The lowest BCUT2D eigenvalue weighted by Gasteiger charge is -2.18. The fourth-order valence-electron chi connectivity index (χ4n) is 4.20. The number of hydrazone groups is 1. The zero-order valence-electron chi connectivity index (χ0n) is 22.0. The summed E-state index contributed by atoms with van der Waals surface area (Å²) < 4.78 is 11.0. The molecule has 2 atom stereocenters. The number of hydrogen-bond donors (Lipinski definition) is 3. The molecule has 0 aliphatic heterocycles. The number of rotatable bonds is 9. The van der Waals surface area contributed by atoms with Crippen LogP contribution in [0.1, 0.15) is 63.9 Å². The summed E-state index contributed by atoms with van der Waals surface area (Å²) >= 11 is 1.44. The molecule has 0 saturated heterocycles. The first-order valence-electron chi connectivity index (χ1n) is 12.8. The van der Waals surface area contributed by atoms with Crippen molar-refractivity contribution in [1.82, 2.24) is 5.43 Å². The standard InChI is InChI=1S/C29H31N3O6S/c1-4-37-29(36)25-23-14-5-17(2)15-24(23)39-28(25)31-27(35)20-8-12-22(13-9-20)38-18(3)26(34)32-30-16-19-6-10-21(33)11-7-19/h6-13,16-18,33H,4-5,14-15H2,1-3H3,(H,31,35)(H,32,34)/b30-16-/t17-,18-/m1/s1. The second-order valence-corrected chi connectivity index (χ2v) is 10.4. The average molecular weight is 550 g/mol. The monoisotopic (exact) mass is 549 g/mol. The number of phenolic OH excluding ortho intramolecular Hbond substituents is 1. The van der Waals surface area contributed by atoms with Crippen molar-refractivity contribution in [2.45, 2.75) is 46.1 Å². The number of nitrogens with one attached hydrogen (secondary N) is 2. The summed E-state index contributed by atoms with van der Waals surface area (Å²) in [5.74, 6) is -0.143. The Balaban J connectivity index is 1.37. The highest BCUT2D eigenvalue weighted by Crippen LogP contribution is 2.40. The van der Waals surface area contributed by atoms with E-state index in [-0.39, 0.29) is 18.3 Å². The number of carbonyl (C=O) groups excluding carboxylic acids is 3. The maximum Gasteiger partial charge on any atom is 0.341 e. The summed E-state index contributed by atoms with van der Waals surface area (Å²) in [6, 6.07) is 12.8. The lowest BCUT2D eigenvalue weighted by molar-refractivity contribution is -0.127. The number of fused-ring (bicyclic) bond motifs is 1. The number of benzene rings is 2. The number of phenols is 1. The Morgan fingerprint density at radius 2 is 1.87 bits per heavy atom. The van der Waals surface area contributed by atoms with Gasteiger partial charge in [-0.3, -0.25) is 9.59 Å². The number of thiophene rings is 1. The van der Waals surface area contributed by atoms with Gasteiger partial charge in [0.2, 0.25) is 0 Å². The van der Waals surface area contributed by atoms with Crippen molar-refractivity contribution in [2.75, 3.05) is 11.9 Å². The highest BCUT2D eigenvalue weighted by molar-refractivity contribution is 7.17. The number of hydrogen-bond acceptors (Lipinski definition) is 8. The van der Waals surface area contributed by atoms with Gasteiger partial charge in [-0.25, -0.2) is 10.2 Å². The molecule has 204 valence electrons. The summed E-state index contributed by atoms with van der Waals surface area (Å²) in [5, 5.41) is 16.6. The first-order chi connectivity index (χ1) is 18.7. The number of esters is 1. The van der Waals surface area contributed by atoms with E-state index in [9.17, 15) is 19.5 Å². The van der Waals surface area contributed by atoms with Gasteiger partial charge >= 0.3 is 5.97 Å². The van der Waals surface area contributed by atoms with E-state index in [4.69, 9.17) is 9.47 Å². The Kier molecular flexibility index (Phi) is 8.98. The van der Waals surface area contributed by atoms with E-state index >= 15 is 0 Å². The van der Waals surface area contributed by atoms with Gasteiger partial charge in [0.05, 0.1) is 18.4 Å². The molecule has 2 aromatic carbocycles. The lowest BCUT2D eigenvalue weighted by atomic mass is 9.88. The molecule has 3 N–H and O–H groups in total. The highest BCUT2D eigenvalue weighted by atomic mass is 32.1. The molecule has 0 unspecified atom stereocenters. The van der Waals surface area contributed by atoms with Crippen LogP contribution >= 0.6 is 11.3 Å². The van der Waals surface area contributed by atoms with Crippen molar-refractivity contribution in [3.63, 3.8) is 0 Å². The van der Waals surface area contributed by atoms with Gasteiger partial charge in [-0.15, -0.1) is 11.3 Å². The van der Waals surface area contributed by atoms with Crippen molar-refractivity contribution >= 4 is 40.3 Å². The first kappa shape index (κ1) is 27.8. The maximum atomic E-state index is 13.0. The van der Waals surface area contributed by atoms with Gasteiger partial charge in [0.1, 0.15) is 16.5 Å². The number of amides is 2. The van der Waals surface area contributed by atoms with E-state index in [2.05, 4.69) is 22.8 Å². The molecular weight excluding hydrogens is 518 g/mol. The molecule has 4 rings (SSSR count). The van der Waals surface area contributed by atoms with Crippen molar-refractivity contribution < 1.29 is 29.0 Å². The summed E-state index contributed by atoms with van der Waals surface area (Å²) in [7, 11) is 0. The van der Waals surface area contributed by atoms with Gasteiger partial charge in [0.25, 0.3) is 11.8 Å². The van der Waals surface area contributed by atoms with Gasteiger partial charge in [0, 0.05) is 10.4 Å². The van der Waals surface area contributed by atoms with Gasteiger partial charge in [-0.1, -0.05) is 6.92 Å². The van der Waals surface area contributed by atoms with Gasteiger partial charge in [-0.05, 0) is 98.7 Å². The van der Waals surface area contributed by atoms with Crippen molar-refractivity contribution in [3.8, 4) is 11.5 Å². The molecule has 39 heavy (non-hydrogen) atoms. The quantitative estimate of drug-likeness (QED) is 0.198. The van der Waals surface area contributed by atoms with E-state index in [1.807, 2.05) is 0 Å². The van der Waals surface area contributed by atoms with Gasteiger partial charge < -0.3 is 19.9 Å². The van der Waals surface area contributed by atoms with Crippen LogP contribution in [-0.2, 0) is 22.4 Å². The van der Waals surface area contributed by atoms with E-state index in [0.717, 1.165) is 29.7 Å².